The number of aryl methyl sites for hydroxylation is 1. The Bertz CT molecular complexity index is 417. The highest BCUT2D eigenvalue weighted by Gasteiger charge is 2.23. The van der Waals surface area contributed by atoms with Gasteiger partial charge in [0.15, 0.2) is 0 Å². The first-order valence-electron chi connectivity index (χ1n) is 6.95. The van der Waals surface area contributed by atoms with Crippen LogP contribution < -0.4 is 0 Å². The summed E-state index contributed by atoms with van der Waals surface area (Å²) in [4.78, 5) is 18.9. The lowest BCUT2D eigenvalue weighted by atomic mass is 9.99. The lowest BCUT2D eigenvalue weighted by molar-refractivity contribution is 0.0681. The summed E-state index contributed by atoms with van der Waals surface area (Å²) in [5.74, 6) is 0.784. The van der Waals surface area contributed by atoms with Gasteiger partial charge in [0.05, 0.1) is 11.3 Å². The number of piperidine rings is 1. The van der Waals surface area contributed by atoms with Crippen LogP contribution in [-0.2, 0) is 6.42 Å². The molecule has 1 fully saturated rings. The molecule has 0 radical (unpaired) electrons. The number of amides is 1. The summed E-state index contributed by atoms with van der Waals surface area (Å²) in [5, 5.41) is 0. The summed E-state index contributed by atoms with van der Waals surface area (Å²) in [7, 11) is 0. The van der Waals surface area contributed by atoms with Gasteiger partial charge in [-0.05, 0) is 37.3 Å². The topological polar surface area (TPSA) is 33.2 Å². The van der Waals surface area contributed by atoms with E-state index in [4.69, 9.17) is 0 Å². The number of pyridine rings is 1. The van der Waals surface area contributed by atoms with Crippen molar-refractivity contribution in [3.8, 4) is 0 Å². The van der Waals surface area contributed by atoms with Crippen LogP contribution in [0.25, 0.3) is 0 Å². The number of likely N-dealkylation sites (tertiary alicyclic amines) is 1. The van der Waals surface area contributed by atoms with Crippen LogP contribution in [0.3, 0.4) is 0 Å². The van der Waals surface area contributed by atoms with Gasteiger partial charge in [-0.1, -0.05) is 20.3 Å². The Morgan fingerprint density at radius 2 is 2.39 bits per heavy atom. The molecule has 3 nitrogen and oxygen atoms in total. The van der Waals surface area contributed by atoms with Crippen molar-refractivity contribution in [1.29, 1.82) is 0 Å². The van der Waals surface area contributed by atoms with Gasteiger partial charge in [0.25, 0.3) is 5.91 Å². The smallest absolute Gasteiger partial charge is 0.255 e. The van der Waals surface area contributed by atoms with Gasteiger partial charge in [-0.25, -0.2) is 0 Å². The van der Waals surface area contributed by atoms with Gasteiger partial charge in [-0.15, -0.1) is 0 Å². The molecule has 3 heteroatoms. The van der Waals surface area contributed by atoms with E-state index in [0.29, 0.717) is 5.92 Å². The molecule has 1 amide bonds. The summed E-state index contributed by atoms with van der Waals surface area (Å²) in [6.07, 6.45) is 6.04. The molecule has 98 valence electrons. The van der Waals surface area contributed by atoms with E-state index in [2.05, 4.69) is 18.8 Å². The summed E-state index contributed by atoms with van der Waals surface area (Å²) in [5.41, 5.74) is 1.75. The number of carbonyl (C=O) groups excluding carboxylic acids is 1. The third-order valence-electron chi connectivity index (χ3n) is 3.55. The third-order valence-corrected chi connectivity index (χ3v) is 3.55. The zero-order valence-electron chi connectivity index (χ0n) is 11.4. The van der Waals surface area contributed by atoms with Crippen LogP contribution in [0.2, 0.25) is 0 Å². The molecule has 2 rings (SSSR count). The molecular weight excluding hydrogens is 224 g/mol. The van der Waals surface area contributed by atoms with Crippen LogP contribution in [0, 0.1) is 5.92 Å². The van der Waals surface area contributed by atoms with Gasteiger partial charge < -0.3 is 4.90 Å². The van der Waals surface area contributed by atoms with E-state index in [1.165, 1.54) is 6.42 Å². The van der Waals surface area contributed by atoms with Crippen molar-refractivity contribution >= 4 is 5.91 Å². The number of nitrogens with zero attached hydrogens (tertiary/aromatic N) is 2. The molecule has 1 aliphatic heterocycles. The first-order chi connectivity index (χ1) is 8.72. The van der Waals surface area contributed by atoms with E-state index >= 15 is 0 Å². The molecular formula is C15H22N2O. The van der Waals surface area contributed by atoms with Gasteiger partial charge >= 0.3 is 0 Å². The van der Waals surface area contributed by atoms with Gasteiger partial charge in [0.2, 0.25) is 0 Å². The molecule has 1 aromatic rings. The molecule has 0 bridgehead atoms. The minimum Gasteiger partial charge on any atom is -0.338 e. The van der Waals surface area contributed by atoms with Crippen molar-refractivity contribution < 1.29 is 4.79 Å². The lowest BCUT2D eigenvalue weighted by Gasteiger charge is -2.31. The summed E-state index contributed by atoms with van der Waals surface area (Å²) < 4.78 is 0. The summed E-state index contributed by atoms with van der Waals surface area (Å²) in [6, 6.07) is 3.78. The van der Waals surface area contributed by atoms with Crippen LogP contribution >= 0.6 is 0 Å². The number of hydrogen-bond donors (Lipinski definition) is 0. The fourth-order valence-electron chi connectivity index (χ4n) is 2.61. The Morgan fingerprint density at radius 1 is 1.56 bits per heavy atom. The average Bonchev–Trinajstić information content (AvgIpc) is 2.39. The predicted octanol–water partition coefficient (Wildman–Crippen LogP) is 2.91. The Balaban J connectivity index is 2.17. The average molecular weight is 246 g/mol. The SMILES string of the molecule is CCCc1ncccc1C(=O)N1CCCC(C)C1. The maximum atomic E-state index is 12.5. The Hall–Kier alpha value is -1.38. The number of hydrogen-bond acceptors (Lipinski definition) is 2. The number of rotatable bonds is 3. The van der Waals surface area contributed by atoms with Crippen LogP contribution in [0.15, 0.2) is 18.3 Å². The van der Waals surface area contributed by atoms with E-state index < -0.39 is 0 Å². The molecule has 1 atom stereocenters. The number of aromatic nitrogens is 1. The summed E-state index contributed by atoms with van der Waals surface area (Å²) >= 11 is 0. The quantitative estimate of drug-likeness (QED) is 0.821. The largest absolute Gasteiger partial charge is 0.338 e. The van der Waals surface area contributed by atoms with Gasteiger partial charge in [0.1, 0.15) is 0 Å². The molecule has 1 aromatic heterocycles. The Morgan fingerprint density at radius 3 is 3.11 bits per heavy atom. The highest BCUT2D eigenvalue weighted by molar-refractivity contribution is 5.95. The third kappa shape index (κ3) is 2.89. The molecule has 2 heterocycles. The van der Waals surface area contributed by atoms with Crippen molar-refractivity contribution in [3.05, 3.63) is 29.6 Å². The molecule has 1 saturated heterocycles. The van der Waals surface area contributed by atoms with E-state index in [9.17, 15) is 4.79 Å². The predicted molar refractivity (Wildman–Crippen MR) is 72.5 cm³/mol. The lowest BCUT2D eigenvalue weighted by Crippen LogP contribution is -2.39. The molecule has 0 N–H and O–H groups in total. The molecule has 18 heavy (non-hydrogen) atoms. The Kier molecular flexibility index (Phi) is 4.34. The zero-order valence-corrected chi connectivity index (χ0v) is 11.4. The second-order valence-electron chi connectivity index (χ2n) is 5.25. The van der Waals surface area contributed by atoms with Crippen LogP contribution in [0.4, 0.5) is 0 Å². The van der Waals surface area contributed by atoms with Gasteiger partial charge in [-0.2, -0.15) is 0 Å². The molecule has 0 spiro atoms. The van der Waals surface area contributed by atoms with Crippen molar-refractivity contribution in [3.63, 3.8) is 0 Å². The normalized spacial score (nSPS) is 19.9. The van der Waals surface area contributed by atoms with Crippen LogP contribution in [0.1, 0.15) is 49.2 Å². The van der Waals surface area contributed by atoms with Crippen molar-refractivity contribution in [2.45, 2.75) is 39.5 Å². The van der Waals surface area contributed by atoms with Gasteiger partial charge in [-0.3, -0.25) is 9.78 Å². The molecule has 1 unspecified atom stereocenters. The molecule has 0 aromatic carbocycles. The van der Waals surface area contributed by atoms with E-state index in [1.807, 2.05) is 17.0 Å². The Labute approximate surface area is 109 Å². The minimum absolute atomic E-state index is 0.165. The van der Waals surface area contributed by atoms with Crippen molar-refractivity contribution in [2.24, 2.45) is 5.92 Å². The van der Waals surface area contributed by atoms with Crippen molar-refractivity contribution in [2.75, 3.05) is 13.1 Å². The first-order valence-corrected chi connectivity index (χ1v) is 6.95. The fraction of sp³-hybridized carbons (Fsp3) is 0.600. The molecule has 1 aliphatic rings. The van der Waals surface area contributed by atoms with Crippen LogP contribution in [0.5, 0.6) is 0 Å². The first kappa shape index (κ1) is 13.1. The van der Waals surface area contributed by atoms with E-state index in [0.717, 1.165) is 43.6 Å². The summed E-state index contributed by atoms with van der Waals surface area (Å²) in [6.45, 7) is 6.12. The second kappa shape index (κ2) is 5.98. The maximum absolute atomic E-state index is 12.5. The molecule has 0 saturated carbocycles. The minimum atomic E-state index is 0.165. The standard InChI is InChI=1S/C15H22N2O/c1-3-6-14-13(8-4-9-16-14)15(18)17-10-5-7-12(2)11-17/h4,8-9,12H,3,5-7,10-11H2,1-2H3. The molecule has 0 aliphatic carbocycles. The fourth-order valence-corrected chi connectivity index (χ4v) is 2.61. The van der Waals surface area contributed by atoms with Crippen LogP contribution in [-0.4, -0.2) is 28.9 Å². The second-order valence-corrected chi connectivity index (χ2v) is 5.25. The van der Waals surface area contributed by atoms with Gasteiger partial charge in [0, 0.05) is 19.3 Å². The van der Waals surface area contributed by atoms with E-state index in [1.54, 1.807) is 6.20 Å². The van der Waals surface area contributed by atoms with Crippen molar-refractivity contribution in [1.82, 2.24) is 9.88 Å². The monoisotopic (exact) mass is 246 g/mol. The highest BCUT2D eigenvalue weighted by Crippen LogP contribution is 2.19. The zero-order chi connectivity index (χ0) is 13.0. The maximum Gasteiger partial charge on any atom is 0.255 e. The van der Waals surface area contributed by atoms with E-state index in [-0.39, 0.29) is 5.91 Å². The number of carbonyl (C=O) groups is 1. The highest BCUT2D eigenvalue weighted by atomic mass is 16.2.